The average Bonchev–Trinajstić information content (AvgIpc) is 2.99. The molecule has 4 nitrogen and oxygen atoms in total. The molecule has 0 bridgehead atoms. The zero-order valence-corrected chi connectivity index (χ0v) is 9.74. The van der Waals surface area contributed by atoms with E-state index in [-0.39, 0.29) is 11.8 Å². The van der Waals surface area contributed by atoms with Gasteiger partial charge in [-0.25, -0.2) is 0 Å². The molecule has 2 N–H and O–H groups in total. The predicted molar refractivity (Wildman–Crippen MR) is 62.1 cm³/mol. The molecule has 3 rings (SSSR count). The van der Waals surface area contributed by atoms with Crippen molar-refractivity contribution in [2.45, 2.75) is 37.8 Å². The van der Waals surface area contributed by atoms with Gasteiger partial charge in [0.1, 0.15) is 0 Å². The first-order valence-corrected chi connectivity index (χ1v) is 6.58. The number of hydrogen-bond acceptors (Lipinski definition) is 3. The highest BCUT2D eigenvalue weighted by Crippen LogP contribution is 2.29. The lowest BCUT2D eigenvalue weighted by Crippen LogP contribution is -2.54. The van der Waals surface area contributed by atoms with Crippen molar-refractivity contribution in [3.8, 4) is 0 Å². The van der Waals surface area contributed by atoms with E-state index in [4.69, 9.17) is 0 Å². The Labute approximate surface area is 96.8 Å². The number of carbonyl (C=O) groups excluding carboxylic acids is 1. The monoisotopic (exact) mass is 223 g/mol. The van der Waals surface area contributed by atoms with Crippen molar-refractivity contribution < 1.29 is 4.79 Å². The Kier molecular flexibility index (Phi) is 2.86. The smallest absolute Gasteiger partial charge is 0.225 e. The first kappa shape index (κ1) is 10.5. The molecule has 0 aromatic heterocycles. The lowest BCUT2D eigenvalue weighted by molar-refractivity contribution is -0.127. The lowest BCUT2D eigenvalue weighted by Gasteiger charge is -2.34. The fourth-order valence-corrected chi connectivity index (χ4v) is 2.64. The van der Waals surface area contributed by atoms with Crippen molar-refractivity contribution in [2.24, 2.45) is 5.92 Å². The summed E-state index contributed by atoms with van der Waals surface area (Å²) < 4.78 is 0. The molecule has 1 saturated carbocycles. The van der Waals surface area contributed by atoms with E-state index in [0.717, 1.165) is 32.0 Å². The van der Waals surface area contributed by atoms with E-state index in [9.17, 15) is 4.79 Å². The molecule has 0 spiro atoms. The van der Waals surface area contributed by atoms with Crippen LogP contribution in [-0.4, -0.2) is 49.1 Å². The van der Waals surface area contributed by atoms with Gasteiger partial charge in [0, 0.05) is 38.3 Å². The Bertz CT molecular complexity index is 265. The summed E-state index contributed by atoms with van der Waals surface area (Å²) in [5, 5.41) is 6.34. The topological polar surface area (TPSA) is 44.4 Å². The Morgan fingerprint density at radius 1 is 1.12 bits per heavy atom. The molecule has 2 heterocycles. The molecular weight excluding hydrogens is 202 g/mol. The van der Waals surface area contributed by atoms with Crippen LogP contribution in [0.25, 0.3) is 0 Å². The lowest BCUT2D eigenvalue weighted by atomic mass is 9.99. The molecule has 3 aliphatic rings. The van der Waals surface area contributed by atoms with Crippen LogP contribution in [0, 0.1) is 5.92 Å². The third kappa shape index (κ3) is 2.23. The summed E-state index contributed by atoms with van der Waals surface area (Å²) in [6.07, 6.45) is 5.07. The number of hydrogen-bond donors (Lipinski definition) is 2. The fourth-order valence-electron chi connectivity index (χ4n) is 2.64. The zero-order valence-electron chi connectivity index (χ0n) is 9.74. The molecule has 90 valence electrons. The predicted octanol–water partition coefficient (Wildman–Crippen LogP) is -0.0512. The van der Waals surface area contributed by atoms with Crippen molar-refractivity contribution in [2.75, 3.05) is 26.2 Å². The molecule has 1 amide bonds. The molecule has 3 fully saturated rings. The normalized spacial score (nSPS) is 28.8. The van der Waals surface area contributed by atoms with Gasteiger partial charge in [-0.3, -0.25) is 4.79 Å². The van der Waals surface area contributed by atoms with Gasteiger partial charge < -0.3 is 15.5 Å². The van der Waals surface area contributed by atoms with E-state index in [0.29, 0.717) is 6.04 Å². The summed E-state index contributed by atoms with van der Waals surface area (Å²) in [5.74, 6) is 0.505. The number of amides is 1. The molecule has 0 aromatic rings. The van der Waals surface area contributed by atoms with E-state index in [1.165, 1.54) is 25.9 Å². The standard InChI is InChI=1S/C12H21N3O/c16-12(9-7-13-8-9)14-10-3-5-15(6-4-10)11-1-2-11/h9-11,13H,1-8H2,(H,14,16). The Hall–Kier alpha value is -0.610. The highest BCUT2D eigenvalue weighted by molar-refractivity contribution is 5.80. The summed E-state index contributed by atoms with van der Waals surface area (Å²) in [5.41, 5.74) is 0. The second-order valence-corrected chi connectivity index (χ2v) is 5.41. The molecule has 4 heteroatoms. The molecule has 2 aliphatic heterocycles. The van der Waals surface area contributed by atoms with Gasteiger partial charge in [-0.1, -0.05) is 0 Å². The summed E-state index contributed by atoms with van der Waals surface area (Å²) in [7, 11) is 0. The number of likely N-dealkylation sites (tertiary alicyclic amines) is 1. The van der Waals surface area contributed by atoms with Crippen molar-refractivity contribution in [1.82, 2.24) is 15.5 Å². The van der Waals surface area contributed by atoms with Gasteiger partial charge in [0.15, 0.2) is 0 Å². The van der Waals surface area contributed by atoms with Crippen molar-refractivity contribution >= 4 is 5.91 Å². The Balaban J connectivity index is 1.41. The summed E-state index contributed by atoms with van der Waals surface area (Å²) in [6.45, 7) is 4.09. The molecule has 0 unspecified atom stereocenters. The van der Waals surface area contributed by atoms with Crippen LogP contribution in [0.4, 0.5) is 0 Å². The third-order valence-corrected chi connectivity index (χ3v) is 4.09. The second-order valence-electron chi connectivity index (χ2n) is 5.41. The third-order valence-electron chi connectivity index (χ3n) is 4.09. The molecule has 2 saturated heterocycles. The van der Waals surface area contributed by atoms with Gasteiger partial charge >= 0.3 is 0 Å². The molecular formula is C12H21N3O. The second kappa shape index (κ2) is 4.34. The summed E-state index contributed by atoms with van der Waals surface area (Å²) >= 11 is 0. The molecule has 0 atom stereocenters. The van der Waals surface area contributed by atoms with Crippen LogP contribution in [0.5, 0.6) is 0 Å². The maximum Gasteiger partial charge on any atom is 0.225 e. The maximum absolute atomic E-state index is 11.8. The highest BCUT2D eigenvalue weighted by Gasteiger charge is 2.33. The van der Waals surface area contributed by atoms with E-state index >= 15 is 0 Å². The molecule has 1 aliphatic carbocycles. The van der Waals surface area contributed by atoms with Gasteiger partial charge in [0.05, 0.1) is 5.92 Å². The minimum Gasteiger partial charge on any atom is -0.353 e. The summed E-state index contributed by atoms with van der Waals surface area (Å²) in [4.78, 5) is 14.3. The van der Waals surface area contributed by atoms with Crippen molar-refractivity contribution in [1.29, 1.82) is 0 Å². The first-order valence-electron chi connectivity index (χ1n) is 6.58. The number of nitrogens with one attached hydrogen (secondary N) is 2. The minimum absolute atomic E-state index is 0.237. The quantitative estimate of drug-likeness (QED) is 0.705. The SMILES string of the molecule is O=C(NC1CCN(C2CC2)CC1)C1CNC1. The Morgan fingerprint density at radius 3 is 2.31 bits per heavy atom. The number of nitrogens with zero attached hydrogens (tertiary/aromatic N) is 1. The van der Waals surface area contributed by atoms with Gasteiger partial charge in [0.2, 0.25) is 5.91 Å². The van der Waals surface area contributed by atoms with Crippen molar-refractivity contribution in [3.05, 3.63) is 0 Å². The molecule has 0 aromatic carbocycles. The van der Waals surface area contributed by atoms with Crippen LogP contribution in [0.2, 0.25) is 0 Å². The largest absolute Gasteiger partial charge is 0.353 e. The fraction of sp³-hybridized carbons (Fsp3) is 0.917. The maximum atomic E-state index is 11.8. The van der Waals surface area contributed by atoms with Crippen LogP contribution in [0.1, 0.15) is 25.7 Å². The molecule has 16 heavy (non-hydrogen) atoms. The molecule has 0 radical (unpaired) electrons. The van der Waals surface area contributed by atoms with Crippen LogP contribution in [-0.2, 0) is 4.79 Å². The Morgan fingerprint density at radius 2 is 1.81 bits per heavy atom. The van der Waals surface area contributed by atoms with Crippen LogP contribution >= 0.6 is 0 Å². The van der Waals surface area contributed by atoms with Crippen molar-refractivity contribution in [3.63, 3.8) is 0 Å². The number of carbonyl (C=O) groups is 1. The van der Waals surface area contributed by atoms with Crippen LogP contribution < -0.4 is 10.6 Å². The van der Waals surface area contributed by atoms with E-state index in [2.05, 4.69) is 15.5 Å². The zero-order chi connectivity index (χ0) is 11.0. The van der Waals surface area contributed by atoms with E-state index in [1.54, 1.807) is 0 Å². The van der Waals surface area contributed by atoms with Gasteiger partial charge in [-0.2, -0.15) is 0 Å². The van der Waals surface area contributed by atoms with Gasteiger partial charge in [0.25, 0.3) is 0 Å². The van der Waals surface area contributed by atoms with Gasteiger partial charge in [-0.05, 0) is 25.7 Å². The van der Waals surface area contributed by atoms with Crippen LogP contribution in [0.15, 0.2) is 0 Å². The van der Waals surface area contributed by atoms with Gasteiger partial charge in [-0.15, -0.1) is 0 Å². The first-order chi connectivity index (χ1) is 7.83. The van der Waals surface area contributed by atoms with E-state index < -0.39 is 0 Å². The summed E-state index contributed by atoms with van der Waals surface area (Å²) in [6, 6.07) is 1.32. The number of rotatable bonds is 3. The van der Waals surface area contributed by atoms with E-state index in [1.807, 2.05) is 0 Å². The average molecular weight is 223 g/mol. The minimum atomic E-state index is 0.237. The highest BCUT2D eigenvalue weighted by atomic mass is 16.2. The van der Waals surface area contributed by atoms with Crippen LogP contribution in [0.3, 0.4) is 0 Å². The number of piperidine rings is 1.